The minimum absolute atomic E-state index is 0.364. The molecule has 0 radical (unpaired) electrons. The summed E-state index contributed by atoms with van der Waals surface area (Å²) in [6, 6.07) is 4.28. The van der Waals surface area contributed by atoms with Gasteiger partial charge in [-0.15, -0.1) is 22.9 Å². The fourth-order valence-electron chi connectivity index (χ4n) is 1.59. The molecule has 2 heterocycles. The maximum absolute atomic E-state index is 6.03. The van der Waals surface area contributed by atoms with E-state index in [1.165, 1.54) is 8.66 Å². The standard InChI is InChI=1S/C9H11BrClNS/c10-9-2-1-8(13-9)6-12-4-3-7(11)5-12/h1-2,7H,3-6H2. The number of hydrogen-bond acceptors (Lipinski definition) is 2. The van der Waals surface area contributed by atoms with Gasteiger partial charge in [0.05, 0.1) is 3.79 Å². The molecule has 1 aliphatic rings. The van der Waals surface area contributed by atoms with E-state index in [1.54, 1.807) is 0 Å². The van der Waals surface area contributed by atoms with Gasteiger partial charge >= 0.3 is 0 Å². The number of thiophene rings is 1. The second-order valence-corrected chi connectivity index (χ2v) is 6.49. The summed E-state index contributed by atoms with van der Waals surface area (Å²) in [5.74, 6) is 0. The lowest BCUT2D eigenvalue weighted by atomic mass is 10.4. The van der Waals surface area contributed by atoms with Crippen LogP contribution in [0.4, 0.5) is 0 Å². The summed E-state index contributed by atoms with van der Waals surface area (Å²) < 4.78 is 1.21. The number of rotatable bonds is 2. The molecule has 0 aromatic carbocycles. The van der Waals surface area contributed by atoms with Gasteiger partial charge in [-0.2, -0.15) is 0 Å². The van der Waals surface area contributed by atoms with Gasteiger partial charge in [0.1, 0.15) is 0 Å². The van der Waals surface area contributed by atoms with Gasteiger partial charge in [-0.1, -0.05) is 0 Å². The number of alkyl halides is 1. The summed E-state index contributed by atoms with van der Waals surface area (Å²) in [6.45, 7) is 3.24. The van der Waals surface area contributed by atoms with E-state index >= 15 is 0 Å². The van der Waals surface area contributed by atoms with Gasteiger partial charge in [0.25, 0.3) is 0 Å². The minimum Gasteiger partial charge on any atom is -0.297 e. The molecule has 1 fully saturated rings. The van der Waals surface area contributed by atoms with E-state index in [4.69, 9.17) is 11.6 Å². The third-order valence-corrected chi connectivity index (χ3v) is 4.19. The normalized spacial score (nSPS) is 24.0. The van der Waals surface area contributed by atoms with Gasteiger partial charge in [0.2, 0.25) is 0 Å². The Morgan fingerprint density at radius 3 is 3.00 bits per heavy atom. The van der Waals surface area contributed by atoms with Crippen molar-refractivity contribution in [3.63, 3.8) is 0 Å². The topological polar surface area (TPSA) is 3.24 Å². The molecule has 0 saturated carbocycles. The Bertz CT molecular complexity index is 289. The monoisotopic (exact) mass is 279 g/mol. The Balaban J connectivity index is 1.91. The van der Waals surface area contributed by atoms with Gasteiger partial charge in [-0.05, 0) is 34.5 Å². The predicted octanol–water partition coefficient (Wildman–Crippen LogP) is 3.32. The average molecular weight is 281 g/mol. The van der Waals surface area contributed by atoms with Crippen molar-refractivity contribution >= 4 is 38.9 Å². The van der Waals surface area contributed by atoms with Crippen LogP contribution in [-0.4, -0.2) is 23.4 Å². The number of halogens is 2. The summed E-state index contributed by atoms with van der Waals surface area (Å²) in [4.78, 5) is 3.83. The zero-order chi connectivity index (χ0) is 9.26. The minimum atomic E-state index is 0.364. The van der Waals surface area contributed by atoms with E-state index in [-0.39, 0.29) is 0 Å². The highest BCUT2D eigenvalue weighted by molar-refractivity contribution is 9.11. The van der Waals surface area contributed by atoms with Gasteiger partial charge in [0, 0.05) is 29.9 Å². The van der Waals surface area contributed by atoms with Crippen LogP contribution in [0.1, 0.15) is 11.3 Å². The molecule has 2 rings (SSSR count). The fourth-order valence-corrected chi connectivity index (χ4v) is 3.40. The third kappa shape index (κ3) is 2.69. The van der Waals surface area contributed by atoms with E-state index < -0.39 is 0 Å². The van der Waals surface area contributed by atoms with E-state index in [1.807, 2.05) is 11.3 Å². The second kappa shape index (κ2) is 4.30. The zero-order valence-electron chi connectivity index (χ0n) is 7.17. The Kier molecular flexibility index (Phi) is 3.30. The Morgan fingerprint density at radius 2 is 2.46 bits per heavy atom. The number of nitrogens with zero attached hydrogens (tertiary/aromatic N) is 1. The molecule has 0 amide bonds. The van der Waals surface area contributed by atoms with Gasteiger partial charge in [-0.3, -0.25) is 4.90 Å². The number of hydrogen-bond donors (Lipinski definition) is 0. The largest absolute Gasteiger partial charge is 0.297 e. The maximum Gasteiger partial charge on any atom is 0.0701 e. The van der Waals surface area contributed by atoms with Crippen LogP contribution in [0.15, 0.2) is 15.9 Å². The van der Waals surface area contributed by atoms with Crippen molar-refractivity contribution in [1.29, 1.82) is 0 Å². The van der Waals surface area contributed by atoms with Crippen molar-refractivity contribution in [3.05, 3.63) is 20.8 Å². The van der Waals surface area contributed by atoms with Crippen molar-refractivity contribution < 1.29 is 0 Å². The van der Waals surface area contributed by atoms with E-state index in [2.05, 4.69) is 33.0 Å². The zero-order valence-corrected chi connectivity index (χ0v) is 10.3. The molecule has 13 heavy (non-hydrogen) atoms. The lowest BCUT2D eigenvalue weighted by Gasteiger charge is -2.12. The first-order chi connectivity index (χ1) is 6.24. The van der Waals surface area contributed by atoms with Crippen LogP contribution in [0, 0.1) is 0 Å². The summed E-state index contributed by atoms with van der Waals surface area (Å²) in [7, 11) is 0. The molecule has 72 valence electrons. The van der Waals surface area contributed by atoms with Gasteiger partial charge in [-0.25, -0.2) is 0 Å². The van der Waals surface area contributed by atoms with E-state index in [9.17, 15) is 0 Å². The maximum atomic E-state index is 6.03. The Morgan fingerprint density at radius 1 is 1.62 bits per heavy atom. The molecular formula is C9H11BrClNS. The van der Waals surface area contributed by atoms with E-state index in [0.29, 0.717) is 5.38 Å². The quantitative estimate of drug-likeness (QED) is 0.751. The second-order valence-electron chi connectivity index (χ2n) is 3.33. The highest BCUT2D eigenvalue weighted by Crippen LogP contribution is 2.25. The molecule has 0 N–H and O–H groups in total. The van der Waals surface area contributed by atoms with Crippen LogP contribution >= 0.6 is 38.9 Å². The van der Waals surface area contributed by atoms with Gasteiger partial charge < -0.3 is 0 Å². The predicted molar refractivity (Wildman–Crippen MR) is 61.6 cm³/mol. The van der Waals surface area contributed by atoms with Crippen molar-refractivity contribution in [2.75, 3.05) is 13.1 Å². The molecule has 1 aromatic heterocycles. The molecule has 0 aliphatic carbocycles. The lowest BCUT2D eigenvalue weighted by molar-refractivity contribution is 0.335. The van der Waals surface area contributed by atoms with Crippen LogP contribution < -0.4 is 0 Å². The summed E-state index contributed by atoms with van der Waals surface area (Å²) in [5, 5.41) is 0.364. The summed E-state index contributed by atoms with van der Waals surface area (Å²) in [5.41, 5.74) is 0. The molecule has 1 saturated heterocycles. The SMILES string of the molecule is ClC1CCN(Cc2ccc(Br)s2)C1. The molecule has 1 unspecified atom stereocenters. The van der Waals surface area contributed by atoms with Crippen molar-refractivity contribution in [2.24, 2.45) is 0 Å². The molecule has 1 nitrogen and oxygen atoms in total. The van der Waals surface area contributed by atoms with Crippen LogP contribution in [-0.2, 0) is 6.54 Å². The van der Waals surface area contributed by atoms with Crippen LogP contribution in [0.5, 0.6) is 0 Å². The highest BCUT2D eigenvalue weighted by Gasteiger charge is 2.20. The molecule has 1 atom stereocenters. The third-order valence-electron chi connectivity index (χ3n) is 2.22. The smallest absolute Gasteiger partial charge is 0.0701 e. The molecule has 1 aliphatic heterocycles. The fraction of sp³-hybridized carbons (Fsp3) is 0.556. The first kappa shape index (κ1) is 9.97. The highest BCUT2D eigenvalue weighted by atomic mass is 79.9. The van der Waals surface area contributed by atoms with Crippen LogP contribution in [0.2, 0.25) is 0 Å². The molecule has 0 spiro atoms. The first-order valence-electron chi connectivity index (χ1n) is 4.34. The molecular weight excluding hydrogens is 270 g/mol. The van der Waals surface area contributed by atoms with Crippen LogP contribution in [0.3, 0.4) is 0 Å². The van der Waals surface area contributed by atoms with E-state index in [0.717, 1.165) is 26.1 Å². The Hall–Kier alpha value is 0.430. The van der Waals surface area contributed by atoms with Crippen molar-refractivity contribution in [3.8, 4) is 0 Å². The summed E-state index contributed by atoms with van der Waals surface area (Å²) in [6.07, 6.45) is 1.13. The summed E-state index contributed by atoms with van der Waals surface area (Å²) >= 11 is 11.3. The van der Waals surface area contributed by atoms with Crippen LogP contribution in [0.25, 0.3) is 0 Å². The number of likely N-dealkylation sites (tertiary alicyclic amines) is 1. The molecule has 4 heteroatoms. The van der Waals surface area contributed by atoms with Gasteiger partial charge in [0.15, 0.2) is 0 Å². The lowest BCUT2D eigenvalue weighted by Crippen LogP contribution is -2.19. The van der Waals surface area contributed by atoms with Crippen molar-refractivity contribution in [2.45, 2.75) is 18.3 Å². The Labute approximate surface area is 95.8 Å². The van der Waals surface area contributed by atoms with Crippen molar-refractivity contribution in [1.82, 2.24) is 4.90 Å². The molecule has 1 aromatic rings. The average Bonchev–Trinajstić information content (AvgIpc) is 2.62. The first-order valence-corrected chi connectivity index (χ1v) is 6.39. The molecule has 0 bridgehead atoms.